The fourth-order valence-corrected chi connectivity index (χ4v) is 4.46. The van der Waals surface area contributed by atoms with Gasteiger partial charge in [-0.05, 0) is 57.9 Å². The molecule has 1 saturated heterocycles. The van der Waals surface area contributed by atoms with Crippen LogP contribution in [0, 0.1) is 0 Å². The number of urea groups is 1. The second-order valence-corrected chi connectivity index (χ2v) is 9.30. The van der Waals surface area contributed by atoms with Crippen molar-refractivity contribution >= 4 is 57.1 Å². The summed E-state index contributed by atoms with van der Waals surface area (Å²) in [4.78, 5) is 38.8. The van der Waals surface area contributed by atoms with Gasteiger partial charge in [-0.1, -0.05) is 41.9 Å². The molecular weight excluding hydrogens is 578 g/mol. The standard InChI is InChI=1S/C27H23BrClN3O6/c1-36-22-10-6-5-9-20(22)30-24(33)14-32-26(34)21(31-27(32)35)12-16-11-18(28)25(23(13-16)37-2)38-15-17-7-3-4-8-19(17)29/h3-13H,14-15H2,1-2H3,(H,30,33)(H,31,35)/b21-12-. The molecule has 1 aliphatic rings. The molecule has 0 bridgehead atoms. The van der Waals surface area contributed by atoms with E-state index < -0.39 is 24.4 Å². The van der Waals surface area contributed by atoms with Crippen molar-refractivity contribution in [3.63, 3.8) is 0 Å². The maximum atomic E-state index is 12.9. The van der Waals surface area contributed by atoms with Crippen molar-refractivity contribution in [2.45, 2.75) is 6.61 Å². The van der Waals surface area contributed by atoms with Gasteiger partial charge in [-0.2, -0.15) is 0 Å². The van der Waals surface area contributed by atoms with E-state index in [2.05, 4.69) is 26.6 Å². The summed E-state index contributed by atoms with van der Waals surface area (Å²) >= 11 is 9.70. The van der Waals surface area contributed by atoms with Crippen LogP contribution in [0.15, 0.2) is 70.8 Å². The molecule has 0 saturated carbocycles. The average Bonchev–Trinajstić information content (AvgIpc) is 3.16. The summed E-state index contributed by atoms with van der Waals surface area (Å²) in [7, 11) is 2.97. The van der Waals surface area contributed by atoms with Crippen LogP contribution in [0.5, 0.6) is 17.2 Å². The zero-order valence-corrected chi connectivity index (χ0v) is 22.8. The molecule has 2 N–H and O–H groups in total. The Bertz CT molecular complexity index is 1430. The second-order valence-electron chi connectivity index (χ2n) is 8.04. The van der Waals surface area contributed by atoms with Gasteiger partial charge in [0, 0.05) is 10.6 Å². The lowest BCUT2D eigenvalue weighted by Gasteiger charge is -2.14. The molecule has 0 aliphatic carbocycles. The highest BCUT2D eigenvalue weighted by Gasteiger charge is 2.35. The quantitative estimate of drug-likeness (QED) is 0.257. The normalized spacial score (nSPS) is 13.9. The van der Waals surface area contributed by atoms with Gasteiger partial charge in [0.25, 0.3) is 5.91 Å². The van der Waals surface area contributed by atoms with Gasteiger partial charge in [-0.25, -0.2) is 9.69 Å². The van der Waals surface area contributed by atoms with E-state index in [-0.39, 0.29) is 12.3 Å². The third-order valence-electron chi connectivity index (χ3n) is 5.54. The number of benzene rings is 3. The number of halogens is 2. The Morgan fingerprint density at radius 1 is 1.05 bits per heavy atom. The number of carbonyl (C=O) groups is 3. The van der Waals surface area contributed by atoms with Crippen molar-refractivity contribution in [2.75, 3.05) is 26.1 Å². The maximum absolute atomic E-state index is 12.9. The van der Waals surface area contributed by atoms with E-state index in [1.165, 1.54) is 20.3 Å². The lowest BCUT2D eigenvalue weighted by molar-refractivity contribution is -0.127. The zero-order valence-electron chi connectivity index (χ0n) is 20.4. The van der Waals surface area contributed by atoms with Gasteiger partial charge in [0.05, 0.1) is 24.4 Å². The van der Waals surface area contributed by atoms with Crippen LogP contribution in [0.25, 0.3) is 6.08 Å². The number of carbonyl (C=O) groups excluding carboxylic acids is 3. The number of hydrogen-bond donors (Lipinski definition) is 2. The Hall–Kier alpha value is -4.02. The Morgan fingerprint density at radius 3 is 2.50 bits per heavy atom. The predicted octanol–water partition coefficient (Wildman–Crippen LogP) is 5.23. The van der Waals surface area contributed by atoms with E-state index in [9.17, 15) is 14.4 Å². The van der Waals surface area contributed by atoms with Gasteiger partial charge in [0.15, 0.2) is 11.5 Å². The van der Waals surface area contributed by atoms with Crippen LogP contribution >= 0.6 is 27.5 Å². The molecular formula is C27H23BrClN3O6. The number of anilines is 1. The van der Waals surface area contributed by atoms with Crippen LogP contribution in [-0.4, -0.2) is 43.5 Å². The first-order valence-corrected chi connectivity index (χ1v) is 12.5. The summed E-state index contributed by atoms with van der Waals surface area (Å²) in [5, 5.41) is 5.74. The number of methoxy groups -OCH3 is 2. The summed E-state index contributed by atoms with van der Waals surface area (Å²) in [5.74, 6) is 0.120. The van der Waals surface area contributed by atoms with Gasteiger partial charge in [0.2, 0.25) is 5.91 Å². The molecule has 9 nitrogen and oxygen atoms in total. The van der Waals surface area contributed by atoms with Crippen LogP contribution < -0.4 is 24.8 Å². The number of hydrogen-bond acceptors (Lipinski definition) is 6. The van der Waals surface area contributed by atoms with Crippen LogP contribution in [0.4, 0.5) is 10.5 Å². The molecule has 0 spiro atoms. The molecule has 11 heteroatoms. The number of nitrogens with zero attached hydrogens (tertiary/aromatic N) is 1. The molecule has 3 aromatic rings. The third-order valence-corrected chi connectivity index (χ3v) is 6.50. The highest BCUT2D eigenvalue weighted by Crippen LogP contribution is 2.38. The van der Waals surface area contributed by atoms with E-state index in [1.807, 2.05) is 18.2 Å². The molecule has 0 aromatic heterocycles. The van der Waals surface area contributed by atoms with E-state index >= 15 is 0 Å². The second kappa shape index (κ2) is 12.0. The van der Waals surface area contributed by atoms with E-state index in [0.29, 0.717) is 38.0 Å². The van der Waals surface area contributed by atoms with Crippen molar-refractivity contribution in [1.29, 1.82) is 0 Å². The molecule has 1 heterocycles. The first-order chi connectivity index (χ1) is 18.3. The molecule has 4 rings (SSSR count). The number of rotatable bonds is 9. The number of ether oxygens (including phenoxy) is 3. The van der Waals surface area contributed by atoms with Gasteiger partial charge in [-0.3, -0.25) is 9.59 Å². The number of para-hydroxylation sites is 2. The first-order valence-electron chi connectivity index (χ1n) is 11.3. The lowest BCUT2D eigenvalue weighted by atomic mass is 10.1. The largest absolute Gasteiger partial charge is 0.495 e. The summed E-state index contributed by atoms with van der Waals surface area (Å²) in [6.45, 7) is -0.253. The fraction of sp³-hybridized carbons (Fsp3) is 0.148. The van der Waals surface area contributed by atoms with Crippen LogP contribution in [0.1, 0.15) is 11.1 Å². The Morgan fingerprint density at radius 2 is 1.76 bits per heavy atom. The smallest absolute Gasteiger partial charge is 0.329 e. The Kier molecular flexibility index (Phi) is 8.55. The monoisotopic (exact) mass is 599 g/mol. The summed E-state index contributed by atoms with van der Waals surface area (Å²) in [5.41, 5.74) is 1.81. The van der Waals surface area contributed by atoms with E-state index in [4.69, 9.17) is 25.8 Å². The zero-order chi connectivity index (χ0) is 27.2. The molecule has 0 radical (unpaired) electrons. The molecule has 38 heavy (non-hydrogen) atoms. The molecule has 196 valence electrons. The van der Waals surface area contributed by atoms with Crippen molar-refractivity contribution in [3.8, 4) is 17.2 Å². The lowest BCUT2D eigenvalue weighted by Crippen LogP contribution is -2.38. The van der Waals surface area contributed by atoms with Gasteiger partial charge < -0.3 is 24.8 Å². The van der Waals surface area contributed by atoms with Gasteiger partial charge in [0.1, 0.15) is 24.6 Å². The Labute approximate surface area is 232 Å². The molecule has 0 unspecified atom stereocenters. The molecule has 4 amide bonds. The number of amides is 4. The predicted molar refractivity (Wildman–Crippen MR) is 146 cm³/mol. The van der Waals surface area contributed by atoms with Crippen LogP contribution in [-0.2, 0) is 16.2 Å². The summed E-state index contributed by atoms with van der Waals surface area (Å²) < 4.78 is 17.2. The van der Waals surface area contributed by atoms with Crippen molar-refractivity contribution < 1.29 is 28.6 Å². The van der Waals surface area contributed by atoms with E-state index in [0.717, 1.165) is 10.5 Å². The molecule has 3 aromatic carbocycles. The molecule has 1 fully saturated rings. The molecule has 1 aliphatic heterocycles. The number of nitrogens with one attached hydrogen (secondary N) is 2. The topological polar surface area (TPSA) is 106 Å². The summed E-state index contributed by atoms with van der Waals surface area (Å²) in [6, 6.07) is 16.8. The average molecular weight is 601 g/mol. The number of imide groups is 1. The molecule has 0 atom stereocenters. The first kappa shape index (κ1) is 27.0. The minimum Gasteiger partial charge on any atom is -0.495 e. The van der Waals surface area contributed by atoms with Crippen LogP contribution in [0.3, 0.4) is 0 Å². The van der Waals surface area contributed by atoms with E-state index in [1.54, 1.807) is 42.5 Å². The minimum absolute atomic E-state index is 0.0128. The maximum Gasteiger partial charge on any atom is 0.329 e. The third kappa shape index (κ3) is 6.09. The fourth-order valence-electron chi connectivity index (χ4n) is 3.69. The van der Waals surface area contributed by atoms with Gasteiger partial charge >= 0.3 is 6.03 Å². The SMILES string of the molecule is COc1ccccc1NC(=O)CN1C(=O)N/C(=C\c2cc(Br)c(OCc3ccccc3Cl)c(OC)c2)C1=O. The van der Waals surface area contributed by atoms with Crippen molar-refractivity contribution in [2.24, 2.45) is 0 Å². The van der Waals surface area contributed by atoms with Crippen LogP contribution in [0.2, 0.25) is 5.02 Å². The minimum atomic E-state index is -0.706. The van der Waals surface area contributed by atoms with Gasteiger partial charge in [-0.15, -0.1) is 0 Å². The van der Waals surface area contributed by atoms with Crippen molar-refractivity contribution in [3.05, 3.63) is 87.0 Å². The van der Waals surface area contributed by atoms with Crippen molar-refractivity contribution in [1.82, 2.24) is 10.2 Å². The highest BCUT2D eigenvalue weighted by molar-refractivity contribution is 9.10. The Balaban J connectivity index is 1.48. The summed E-state index contributed by atoms with van der Waals surface area (Å²) in [6.07, 6.45) is 1.49. The highest BCUT2D eigenvalue weighted by atomic mass is 79.9.